The molecule has 5 heteroatoms. The zero-order chi connectivity index (χ0) is 15.1. The first-order chi connectivity index (χ1) is 9.40. The number of nitrogens with two attached hydrogens (primary N) is 1. The van der Waals surface area contributed by atoms with Gasteiger partial charge in [0.15, 0.2) is 0 Å². The van der Waals surface area contributed by atoms with Crippen LogP contribution in [-0.4, -0.2) is 24.6 Å². The number of carbonyl (C=O) groups excluding carboxylic acids is 1. The summed E-state index contributed by atoms with van der Waals surface area (Å²) in [6, 6.07) is 6.78. The van der Waals surface area contributed by atoms with Crippen molar-refractivity contribution in [2.45, 2.75) is 39.3 Å². The van der Waals surface area contributed by atoms with E-state index in [0.29, 0.717) is 29.7 Å². The summed E-state index contributed by atoms with van der Waals surface area (Å²) in [6.45, 7) is 6.35. The highest BCUT2D eigenvalue weighted by Crippen LogP contribution is 2.23. The van der Waals surface area contributed by atoms with E-state index < -0.39 is 6.04 Å². The van der Waals surface area contributed by atoms with E-state index in [1.54, 1.807) is 12.1 Å². The normalized spacial score (nSPS) is 13.9. The second-order valence-electron chi connectivity index (χ2n) is 5.34. The highest BCUT2D eigenvalue weighted by molar-refractivity contribution is 6.32. The number of hydrogen-bond acceptors (Lipinski definition) is 3. The second-order valence-corrected chi connectivity index (χ2v) is 5.75. The molecule has 4 nitrogen and oxygen atoms in total. The number of benzene rings is 1. The fraction of sp³-hybridized carbons (Fsp3) is 0.533. The van der Waals surface area contributed by atoms with Crippen molar-refractivity contribution >= 4 is 17.5 Å². The number of amides is 1. The minimum absolute atomic E-state index is 0.145. The Hall–Kier alpha value is -1.26. The van der Waals surface area contributed by atoms with Crippen LogP contribution in [-0.2, 0) is 4.79 Å². The third-order valence-corrected chi connectivity index (χ3v) is 3.10. The topological polar surface area (TPSA) is 64.4 Å². The van der Waals surface area contributed by atoms with Crippen molar-refractivity contribution in [3.05, 3.63) is 29.3 Å². The van der Waals surface area contributed by atoms with E-state index in [0.717, 1.165) is 0 Å². The molecule has 0 aliphatic heterocycles. The zero-order valence-electron chi connectivity index (χ0n) is 12.2. The zero-order valence-corrected chi connectivity index (χ0v) is 13.0. The molecule has 0 aromatic heterocycles. The smallest absolute Gasteiger partial charge is 0.237 e. The van der Waals surface area contributed by atoms with Crippen molar-refractivity contribution < 1.29 is 9.53 Å². The molecule has 0 bridgehead atoms. The third kappa shape index (κ3) is 5.80. The first kappa shape index (κ1) is 16.8. The fourth-order valence-corrected chi connectivity index (χ4v) is 1.97. The third-order valence-electron chi connectivity index (χ3n) is 2.79. The van der Waals surface area contributed by atoms with Crippen LogP contribution < -0.4 is 15.8 Å². The maximum atomic E-state index is 11.8. The predicted octanol–water partition coefficient (Wildman–Crippen LogP) is 2.60. The van der Waals surface area contributed by atoms with Gasteiger partial charge in [-0.1, -0.05) is 37.6 Å². The predicted molar refractivity (Wildman–Crippen MR) is 82.0 cm³/mol. The summed E-state index contributed by atoms with van der Waals surface area (Å²) in [5.74, 6) is 0.864. The molecule has 1 amide bonds. The number of para-hydroxylation sites is 1. The summed E-state index contributed by atoms with van der Waals surface area (Å²) in [7, 11) is 0. The highest BCUT2D eigenvalue weighted by atomic mass is 35.5. The standard InChI is InChI=1S/C15H23ClN2O2/c1-10(2)8-13(17)15(19)18-9-11(3)20-14-7-5-4-6-12(14)16/h4-7,10-11,13H,8-9,17H2,1-3H3,(H,18,19)/t11?,13-/m0/s1. The minimum atomic E-state index is -0.470. The van der Waals surface area contributed by atoms with E-state index in [1.165, 1.54) is 0 Å². The van der Waals surface area contributed by atoms with Crippen LogP contribution in [0.25, 0.3) is 0 Å². The Bertz CT molecular complexity index is 438. The Labute approximate surface area is 125 Å². The van der Waals surface area contributed by atoms with Gasteiger partial charge in [0.25, 0.3) is 0 Å². The molecular formula is C15H23ClN2O2. The molecule has 2 atom stereocenters. The molecule has 0 fully saturated rings. The van der Waals surface area contributed by atoms with Crippen LogP contribution in [0.3, 0.4) is 0 Å². The molecule has 1 unspecified atom stereocenters. The van der Waals surface area contributed by atoms with Crippen LogP contribution >= 0.6 is 11.6 Å². The summed E-state index contributed by atoms with van der Waals surface area (Å²) in [4.78, 5) is 11.8. The molecular weight excluding hydrogens is 276 g/mol. The van der Waals surface area contributed by atoms with Gasteiger partial charge in [-0.3, -0.25) is 4.79 Å². The van der Waals surface area contributed by atoms with Crippen LogP contribution in [0.1, 0.15) is 27.2 Å². The van der Waals surface area contributed by atoms with Gasteiger partial charge < -0.3 is 15.8 Å². The average molecular weight is 299 g/mol. The Morgan fingerprint density at radius 3 is 2.60 bits per heavy atom. The van der Waals surface area contributed by atoms with Crippen LogP contribution in [0.4, 0.5) is 0 Å². The van der Waals surface area contributed by atoms with Crippen molar-refractivity contribution in [2.24, 2.45) is 11.7 Å². The molecule has 0 saturated heterocycles. The lowest BCUT2D eigenvalue weighted by Crippen LogP contribution is -2.44. The summed E-state index contributed by atoms with van der Waals surface area (Å²) in [5, 5.41) is 3.35. The van der Waals surface area contributed by atoms with Crippen LogP contribution in [0.5, 0.6) is 5.75 Å². The van der Waals surface area contributed by atoms with E-state index in [4.69, 9.17) is 22.1 Å². The molecule has 0 heterocycles. The summed E-state index contributed by atoms with van der Waals surface area (Å²) in [5.41, 5.74) is 5.81. The maximum Gasteiger partial charge on any atom is 0.237 e. The van der Waals surface area contributed by atoms with Crippen molar-refractivity contribution in [1.29, 1.82) is 0 Å². The van der Waals surface area contributed by atoms with Crippen molar-refractivity contribution in [3.8, 4) is 5.75 Å². The quantitative estimate of drug-likeness (QED) is 0.813. The van der Waals surface area contributed by atoms with E-state index in [-0.39, 0.29) is 12.0 Å². The number of rotatable bonds is 7. The lowest BCUT2D eigenvalue weighted by Gasteiger charge is -2.18. The summed E-state index contributed by atoms with van der Waals surface area (Å²) in [6.07, 6.45) is 0.496. The molecule has 0 saturated carbocycles. The highest BCUT2D eigenvalue weighted by Gasteiger charge is 2.16. The SMILES string of the molecule is CC(C)C[C@H](N)C(=O)NCC(C)Oc1ccccc1Cl. The van der Waals surface area contributed by atoms with Gasteiger partial charge in [-0.2, -0.15) is 0 Å². The first-order valence-corrected chi connectivity index (χ1v) is 7.22. The Balaban J connectivity index is 2.38. The Morgan fingerprint density at radius 1 is 1.35 bits per heavy atom. The van der Waals surface area contributed by atoms with Gasteiger partial charge >= 0.3 is 0 Å². The fourth-order valence-electron chi connectivity index (χ4n) is 1.79. The van der Waals surface area contributed by atoms with Crippen LogP contribution in [0.2, 0.25) is 5.02 Å². The summed E-state index contributed by atoms with van der Waals surface area (Å²) >= 11 is 6.01. The van der Waals surface area contributed by atoms with E-state index in [2.05, 4.69) is 5.32 Å². The van der Waals surface area contributed by atoms with Gasteiger partial charge in [0.05, 0.1) is 17.6 Å². The van der Waals surface area contributed by atoms with Crippen molar-refractivity contribution in [1.82, 2.24) is 5.32 Å². The first-order valence-electron chi connectivity index (χ1n) is 6.84. The molecule has 0 aliphatic carbocycles. The molecule has 0 aliphatic rings. The van der Waals surface area contributed by atoms with Gasteiger partial charge in [-0.25, -0.2) is 0 Å². The van der Waals surface area contributed by atoms with Crippen LogP contribution in [0, 0.1) is 5.92 Å². The van der Waals surface area contributed by atoms with Gasteiger partial charge in [-0.05, 0) is 31.4 Å². The number of nitrogens with one attached hydrogen (secondary N) is 1. The van der Waals surface area contributed by atoms with E-state index in [9.17, 15) is 4.79 Å². The summed E-state index contributed by atoms with van der Waals surface area (Å²) < 4.78 is 5.67. The number of ether oxygens (including phenoxy) is 1. The molecule has 3 N–H and O–H groups in total. The van der Waals surface area contributed by atoms with Gasteiger partial charge in [-0.15, -0.1) is 0 Å². The van der Waals surface area contributed by atoms with Gasteiger partial charge in [0.1, 0.15) is 11.9 Å². The van der Waals surface area contributed by atoms with E-state index >= 15 is 0 Å². The van der Waals surface area contributed by atoms with Gasteiger partial charge in [0, 0.05) is 0 Å². The van der Waals surface area contributed by atoms with Crippen molar-refractivity contribution in [2.75, 3.05) is 6.54 Å². The molecule has 1 rings (SSSR count). The molecule has 112 valence electrons. The lowest BCUT2D eigenvalue weighted by molar-refractivity contribution is -0.123. The second kappa shape index (κ2) is 8.12. The monoisotopic (exact) mass is 298 g/mol. The Morgan fingerprint density at radius 2 is 2.00 bits per heavy atom. The maximum absolute atomic E-state index is 11.8. The number of halogens is 1. The van der Waals surface area contributed by atoms with Gasteiger partial charge in [0.2, 0.25) is 5.91 Å². The number of hydrogen-bond donors (Lipinski definition) is 2. The minimum Gasteiger partial charge on any atom is -0.487 e. The Kier molecular flexibility index (Phi) is 6.82. The van der Waals surface area contributed by atoms with E-state index in [1.807, 2.05) is 32.9 Å². The van der Waals surface area contributed by atoms with Crippen molar-refractivity contribution in [3.63, 3.8) is 0 Å². The lowest BCUT2D eigenvalue weighted by atomic mass is 10.0. The molecule has 1 aromatic carbocycles. The average Bonchev–Trinajstić information content (AvgIpc) is 2.38. The molecule has 0 radical (unpaired) electrons. The molecule has 0 spiro atoms. The number of carbonyl (C=O) groups is 1. The van der Waals surface area contributed by atoms with Crippen LogP contribution in [0.15, 0.2) is 24.3 Å². The largest absolute Gasteiger partial charge is 0.487 e. The molecule has 20 heavy (non-hydrogen) atoms. The molecule has 1 aromatic rings.